The monoisotopic (exact) mass is 544 g/mol. The number of ether oxygens (including phenoxy) is 2. The summed E-state index contributed by atoms with van der Waals surface area (Å²) in [4.78, 5) is 29.9. The van der Waals surface area contributed by atoms with Gasteiger partial charge in [-0.2, -0.15) is 0 Å². The van der Waals surface area contributed by atoms with Crippen LogP contribution in [0, 0.1) is 17.0 Å². The number of carbonyl (C=O) groups is 2. The van der Waals surface area contributed by atoms with Gasteiger partial charge in [0.2, 0.25) is 11.8 Å². The molecule has 1 aliphatic rings. The van der Waals surface area contributed by atoms with Crippen molar-refractivity contribution in [2.24, 2.45) is 5.41 Å². The summed E-state index contributed by atoms with van der Waals surface area (Å²) in [5.41, 5.74) is 0.0279. The zero-order valence-electron chi connectivity index (χ0n) is 21.5. The molecule has 5 rings (SSSR count). The zero-order valence-corrected chi connectivity index (χ0v) is 21.5. The van der Waals surface area contributed by atoms with E-state index in [-0.39, 0.29) is 11.4 Å². The van der Waals surface area contributed by atoms with Crippen LogP contribution in [0.4, 0.5) is 26.0 Å². The van der Waals surface area contributed by atoms with Crippen LogP contribution in [0.25, 0.3) is 0 Å². The standard InChI is InChI=1S/C30H26F2N4O4/c1-39-22-8-2-19(3-9-22)18-34-27-17-24(12-15-33-27)40-23-10-11-26(25(32)16-23)36-29(38)30(13-14-30)28(37)35-21-6-4-20(31)5-7-21/h2-12,15-17H,13-14,18H2,1H3,(H,33,34)(H,35,37)(H,36,38). The maximum Gasteiger partial charge on any atom is 0.240 e. The van der Waals surface area contributed by atoms with Gasteiger partial charge < -0.3 is 25.4 Å². The van der Waals surface area contributed by atoms with Crippen LogP contribution >= 0.6 is 0 Å². The maximum absolute atomic E-state index is 14.9. The van der Waals surface area contributed by atoms with Gasteiger partial charge >= 0.3 is 0 Å². The Morgan fingerprint density at radius 2 is 1.52 bits per heavy atom. The molecule has 0 unspecified atom stereocenters. The molecule has 0 atom stereocenters. The third-order valence-corrected chi connectivity index (χ3v) is 6.51. The third-order valence-electron chi connectivity index (χ3n) is 6.51. The number of carbonyl (C=O) groups excluding carboxylic acids is 2. The fourth-order valence-corrected chi connectivity index (χ4v) is 4.01. The number of methoxy groups -OCH3 is 1. The van der Waals surface area contributed by atoms with Crippen LogP contribution < -0.4 is 25.4 Å². The molecule has 10 heteroatoms. The number of aromatic nitrogens is 1. The van der Waals surface area contributed by atoms with E-state index in [9.17, 15) is 18.4 Å². The first kappa shape index (κ1) is 26.6. The fourth-order valence-electron chi connectivity index (χ4n) is 4.01. The molecule has 1 aromatic heterocycles. The highest BCUT2D eigenvalue weighted by atomic mass is 19.1. The number of anilines is 3. The number of hydrogen-bond acceptors (Lipinski definition) is 6. The third kappa shape index (κ3) is 6.17. The minimum absolute atomic E-state index is 0.0743. The molecule has 1 fully saturated rings. The first-order valence-corrected chi connectivity index (χ1v) is 12.5. The molecule has 1 aliphatic carbocycles. The highest BCUT2D eigenvalue weighted by Crippen LogP contribution is 2.47. The van der Waals surface area contributed by atoms with E-state index in [4.69, 9.17) is 9.47 Å². The van der Waals surface area contributed by atoms with Crippen LogP contribution in [0.1, 0.15) is 18.4 Å². The smallest absolute Gasteiger partial charge is 0.240 e. The van der Waals surface area contributed by atoms with Crippen molar-refractivity contribution in [3.63, 3.8) is 0 Å². The van der Waals surface area contributed by atoms with Gasteiger partial charge in [-0.1, -0.05) is 12.1 Å². The lowest BCUT2D eigenvalue weighted by molar-refractivity contribution is -0.131. The lowest BCUT2D eigenvalue weighted by Gasteiger charge is -2.16. The summed E-state index contributed by atoms with van der Waals surface area (Å²) < 4.78 is 39.0. The molecule has 0 bridgehead atoms. The molecule has 8 nitrogen and oxygen atoms in total. The summed E-state index contributed by atoms with van der Waals surface area (Å²) >= 11 is 0. The number of halogens is 2. The van der Waals surface area contributed by atoms with Gasteiger partial charge in [-0.05, 0) is 73.0 Å². The molecule has 1 heterocycles. The van der Waals surface area contributed by atoms with Gasteiger partial charge in [-0.3, -0.25) is 9.59 Å². The Balaban J connectivity index is 1.18. The van der Waals surface area contributed by atoms with Gasteiger partial charge in [-0.15, -0.1) is 0 Å². The van der Waals surface area contributed by atoms with Crippen molar-refractivity contribution in [1.29, 1.82) is 0 Å². The maximum atomic E-state index is 14.9. The topological polar surface area (TPSA) is 102 Å². The van der Waals surface area contributed by atoms with Crippen molar-refractivity contribution >= 4 is 29.0 Å². The van der Waals surface area contributed by atoms with Crippen LogP contribution in [0.5, 0.6) is 17.2 Å². The van der Waals surface area contributed by atoms with E-state index in [1.54, 1.807) is 25.4 Å². The van der Waals surface area contributed by atoms with Crippen molar-refractivity contribution in [2.45, 2.75) is 19.4 Å². The predicted octanol–water partition coefficient (Wildman–Crippen LogP) is 6.13. The molecule has 204 valence electrons. The Morgan fingerprint density at radius 1 is 0.850 bits per heavy atom. The number of hydrogen-bond donors (Lipinski definition) is 3. The number of amides is 2. The Hall–Kier alpha value is -4.99. The first-order chi connectivity index (χ1) is 19.3. The SMILES string of the molecule is COc1ccc(CNc2cc(Oc3ccc(NC(=O)C4(C(=O)Nc5ccc(F)cc5)CC4)c(F)c3)ccn2)cc1. The number of benzene rings is 3. The molecule has 0 aliphatic heterocycles. The average molecular weight is 545 g/mol. The second kappa shape index (κ2) is 11.4. The van der Waals surface area contributed by atoms with E-state index >= 15 is 0 Å². The van der Waals surface area contributed by atoms with Crippen LogP contribution in [0.3, 0.4) is 0 Å². The Bertz CT molecular complexity index is 1520. The molecule has 3 aromatic carbocycles. The summed E-state index contributed by atoms with van der Waals surface area (Å²) in [5, 5.41) is 8.34. The average Bonchev–Trinajstić information content (AvgIpc) is 3.78. The van der Waals surface area contributed by atoms with Gasteiger partial charge in [0.1, 0.15) is 40.1 Å². The fraction of sp³-hybridized carbons (Fsp3) is 0.167. The highest BCUT2D eigenvalue weighted by Gasteiger charge is 2.56. The number of nitrogens with zero attached hydrogens (tertiary/aromatic N) is 1. The first-order valence-electron chi connectivity index (χ1n) is 12.5. The van der Waals surface area contributed by atoms with Gasteiger partial charge in [0.25, 0.3) is 0 Å². The lowest BCUT2D eigenvalue weighted by Crippen LogP contribution is -2.35. The van der Waals surface area contributed by atoms with Gasteiger partial charge in [0, 0.05) is 30.6 Å². The summed E-state index contributed by atoms with van der Waals surface area (Å²) in [6.45, 7) is 0.535. The summed E-state index contributed by atoms with van der Waals surface area (Å²) in [6, 6.07) is 20.2. The van der Waals surface area contributed by atoms with Crippen LogP contribution in [-0.2, 0) is 16.1 Å². The van der Waals surface area contributed by atoms with Crippen LogP contribution in [0.15, 0.2) is 85.1 Å². The van der Waals surface area contributed by atoms with E-state index in [0.717, 1.165) is 17.4 Å². The normalized spacial score (nSPS) is 13.2. The molecule has 2 amide bonds. The highest BCUT2D eigenvalue weighted by molar-refractivity contribution is 6.16. The van der Waals surface area contributed by atoms with Crippen molar-refractivity contribution < 1.29 is 27.8 Å². The molecule has 0 saturated heterocycles. The van der Waals surface area contributed by atoms with Crippen LogP contribution in [-0.4, -0.2) is 23.9 Å². The van der Waals surface area contributed by atoms with Gasteiger partial charge in [0.05, 0.1) is 12.8 Å². The van der Waals surface area contributed by atoms with Crippen molar-refractivity contribution in [1.82, 2.24) is 4.98 Å². The van der Waals surface area contributed by atoms with Crippen molar-refractivity contribution in [2.75, 3.05) is 23.1 Å². The summed E-state index contributed by atoms with van der Waals surface area (Å²) in [6.07, 6.45) is 2.22. The summed E-state index contributed by atoms with van der Waals surface area (Å²) in [7, 11) is 1.61. The molecular formula is C30H26F2N4O4. The largest absolute Gasteiger partial charge is 0.497 e. The number of pyridine rings is 1. The molecule has 1 saturated carbocycles. The van der Waals surface area contributed by atoms with E-state index in [0.29, 0.717) is 36.6 Å². The second-order valence-electron chi connectivity index (χ2n) is 9.32. The van der Waals surface area contributed by atoms with Crippen molar-refractivity contribution in [3.05, 3.63) is 102 Å². The van der Waals surface area contributed by atoms with E-state index in [1.807, 2.05) is 24.3 Å². The second-order valence-corrected chi connectivity index (χ2v) is 9.32. The quantitative estimate of drug-likeness (QED) is 0.208. The molecular weight excluding hydrogens is 518 g/mol. The predicted molar refractivity (Wildman–Crippen MR) is 146 cm³/mol. The molecule has 0 spiro atoms. The van der Waals surface area contributed by atoms with E-state index in [2.05, 4.69) is 20.9 Å². The molecule has 3 N–H and O–H groups in total. The summed E-state index contributed by atoms with van der Waals surface area (Å²) in [5.74, 6) is -0.276. The number of nitrogens with one attached hydrogen (secondary N) is 3. The van der Waals surface area contributed by atoms with Crippen LogP contribution in [0.2, 0.25) is 0 Å². The Labute approximate surface area is 229 Å². The minimum atomic E-state index is -1.30. The zero-order chi connectivity index (χ0) is 28.1. The minimum Gasteiger partial charge on any atom is -0.497 e. The Kier molecular flexibility index (Phi) is 7.59. The van der Waals surface area contributed by atoms with Gasteiger partial charge in [-0.25, -0.2) is 13.8 Å². The molecule has 40 heavy (non-hydrogen) atoms. The van der Waals surface area contributed by atoms with E-state index < -0.39 is 28.9 Å². The van der Waals surface area contributed by atoms with E-state index in [1.165, 1.54) is 36.4 Å². The molecule has 4 aromatic rings. The Morgan fingerprint density at radius 3 is 2.20 bits per heavy atom. The van der Waals surface area contributed by atoms with Crippen molar-refractivity contribution in [3.8, 4) is 17.2 Å². The van der Waals surface area contributed by atoms with Gasteiger partial charge in [0.15, 0.2) is 0 Å². The lowest BCUT2D eigenvalue weighted by atomic mass is 10.0. The number of rotatable bonds is 10. The molecule has 0 radical (unpaired) electrons.